The highest BCUT2D eigenvalue weighted by atomic mass is 79.9. The zero-order valence-electron chi connectivity index (χ0n) is 12.1. The van der Waals surface area contributed by atoms with Crippen molar-refractivity contribution in [2.45, 2.75) is 45.7 Å². The molecule has 2 heterocycles. The molecular formula is C15H25BrN2S. The zero-order valence-corrected chi connectivity index (χ0v) is 14.5. The van der Waals surface area contributed by atoms with E-state index in [4.69, 9.17) is 5.73 Å². The third-order valence-corrected chi connectivity index (χ3v) is 5.81. The number of nitrogens with two attached hydrogens (primary N) is 1. The van der Waals surface area contributed by atoms with Crippen LogP contribution in [-0.2, 0) is 0 Å². The molecular weight excluding hydrogens is 320 g/mol. The van der Waals surface area contributed by atoms with Crippen LogP contribution in [0.2, 0.25) is 0 Å². The molecule has 1 aliphatic rings. The van der Waals surface area contributed by atoms with Gasteiger partial charge in [-0.05, 0) is 46.7 Å². The standard InChI is InChI=1S/C15H25BrN2S/c1-4-13(17)15(14-6-12(16)9-19-14)18-7-10(2)5-11(3)8-18/h6,9-11,13,15H,4-5,7-8,17H2,1-3H3. The summed E-state index contributed by atoms with van der Waals surface area (Å²) in [6.07, 6.45) is 2.37. The summed E-state index contributed by atoms with van der Waals surface area (Å²) in [5, 5.41) is 2.17. The highest BCUT2D eigenvalue weighted by molar-refractivity contribution is 9.10. The van der Waals surface area contributed by atoms with E-state index in [-0.39, 0.29) is 6.04 Å². The van der Waals surface area contributed by atoms with E-state index in [0.29, 0.717) is 6.04 Å². The van der Waals surface area contributed by atoms with Gasteiger partial charge in [0.1, 0.15) is 0 Å². The SMILES string of the molecule is CCC(N)C(c1cc(Br)cs1)N1CC(C)CC(C)C1. The summed E-state index contributed by atoms with van der Waals surface area (Å²) in [6, 6.07) is 2.85. The first kappa shape index (κ1) is 15.5. The molecule has 0 radical (unpaired) electrons. The van der Waals surface area contributed by atoms with Crippen molar-refractivity contribution in [1.82, 2.24) is 4.90 Å². The molecule has 2 nitrogen and oxygen atoms in total. The summed E-state index contributed by atoms with van der Waals surface area (Å²) in [4.78, 5) is 4.02. The molecule has 4 unspecified atom stereocenters. The summed E-state index contributed by atoms with van der Waals surface area (Å²) in [6.45, 7) is 9.27. The number of rotatable bonds is 4. The lowest BCUT2D eigenvalue weighted by molar-refractivity contribution is 0.0827. The van der Waals surface area contributed by atoms with E-state index in [1.165, 1.54) is 28.9 Å². The molecule has 1 aliphatic heterocycles. The number of piperidine rings is 1. The smallest absolute Gasteiger partial charge is 0.0593 e. The first-order valence-electron chi connectivity index (χ1n) is 7.24. The van der Waals surface area contributed by atoms with Crippen molar-refractivity contribution in [2.24, 2.45) is 17.6 Å². The van der Waals surface area contributed by atoms with Crippen molar-refractivity contribution in [3.63, 3.8) is 0 Å². The summed E-state index contributed by atoms with van der Waals surface area (Å²) in [5.74, 6) is 1.55. The maximum absolute atomic E-state index is 6.43. The van der Waals surface area contributed by atoms with E-state index < -0.39 is 0 Å². The topological polar surface area (TPSA) is 29.3 Å². The van der Waals surface area contributed by atoms with Gasteiger partial charge in [-0.3, -0.25) is 4.90 Å². The van der Waals surface area contributed by atoms with Gasteiger partial charge in [0, 0.05) is 33.9 Å². The first-order chi connectivity index (χ1) is 9.01. The van der Waals surface area contributed by atoms with Crippen LogP contribution in [0.1, 0.15) is 44.5 Å². The molecule has 1 aromatic rings. The Labute approximate surface area is 129 Å². The van der Waals surface area contributed by atoms with E-state index in [0.717, 1.165) is 18.3 Å². The van der Waals surface area contributed by atoms with Crippen molar-refractivity contribution >= 4 is 27.3 Å². The van der Waals surface area contributed by atoms with Crippen LogP contribution in [-0.4, -0.2) is 24.0 Å². The predicted octanol–water partition coefficient (Wildman–Crippen LogP) is 4.27. The molecule has 0 spiro atoms. The fourth-order valence-corrected chi connectivity index (χ4v) is 4.96. The third kappa shape index (κ3) is 3.81. The van der Waals surface area contributed by atoms with Gasteiger partial charge in [-0.15, -0.1) is 11.3 Å². The van der Waals surface area contributed by atoms with Crippen molar-refractivity contribution < 1.29 is 0 Å². The zero-order chi connectivity index (χ0) is 14.0. The summed E-state index contributed by atoms with van der Waals surface area (Å²) in [7, 11) is 0. The second kappa shape index (κ2) is 6.70. The van der Waals surface area contributed by atoms with Crippen LogP contribution in [0.15, 0.2) is 15.9 Å². The van der Waals surface area contributed by atoms with Gasteiger partial charge in [0.2, 0.25) is 0 Å². The lowest BCUT2D eigenvalue weighted by Gasteiger charge is -2.42. The Hall–Kier alpha value is 0.1000. The molecule has 19 heavy (non-hydrogen) atoms. The monoisotopic (exact) mass is 344 g/mol. The Kier molecular flexibility index (Phi) is 5.46. The minimum Gasteiger partial charge on any atom is -0.326 e. The first-order valence-corrected chi connectivity index (χ1v) is 8.92. The van der Waals surface area contributed by atoms with Gasteiger partial charge in [0.15, 0.2) is 0 Å². The van der Waals surface area contributed by atoms with Crippen molar-refractivity contribution in [3.8, 4) is 0 Å². The average Bonchev–Trinajstić information content (AvgIpc) is 2.74. The molecule has 2 rings (SSSR count). The minimum absolute atomic E-state index is 0.225. The van der Waals surface area contributed by atoms with Crippen LogP contribution < -0.4 is 5.73 Å². The Bertz CT molecular complexity index is 397. The molecule has 108 valence electrons. The molecule has 0 saturated carbocycles. The van der Waals surface area contributed by atoms with Gasteiger partial charge in [0.25, 0.3) is 0 Å². The fraction of sp³-hybridized carbons (Fsp3) is 0.733. The summed E-state index contributed by atoms with van der Waals surface area (Å²) < 4.78 is 1.18. The molecule has 1 aromatic heterocycles. The summed E-state index contributed by atoms with van der Waals surface area (Å²) >= 11 is 5.40. The lowest BCUT2D eigenvalue weighted by Crippen LogP contribution is -2.47. The van der Waals surface area contributed by atoms with Crippen LogP contribution in [0, 0.1) is 11.8 Å². The Balaban J connectivity index is 2.22. The second-order valence-electron chi connectivity index (χ2n) is 6.08. The van der Waals surface area contributed by atoms with E-state index in [1.54, 1.807) is 0 Å². The minimum atomic E-state index is 0.225. The maximum Gasteiger partial charge on any atom is 0.0593 e. The van der Waals surface area contributed by atoms with Crippen LogP contribution in [0.25, 0.3) is 0 Å². The molecule has 1 fully saturated rings. The number of halogens is 1. The van der Waals surface area contributed by atoms with Gasteiger partial charge in [-0.2, -0.15) is 0 Å². The van der Waals surface area contributed by atoms with Crippen LogP contribution in [0.3, 0.4) is 0 Å². The molecule has 2 N–H and O–H groups in total. The molecule has 4 heteroatoms. The quantitative estimate of drug-likeness (QED) is 0.883. The summed E-state index contributed by atoms with van der Waals surface area (Å²) in [5.41, 5.74) is 6.43. The van der Waals surface area contributed by atoms with Gasteiger partial charge in [0.05, 0.1) is 6.04 Å². The highest BCUT2D eigenvalue weighted by Crippen LogP contribution is 2.35. The number of hydrogen-bond donors (Lipinski definition) is 1. The molecule has 1 saturated heterocycles. The van der Waals surface area contributed by atoms with E-state index >= 15 is 0 Å². The van der Waals surface area contributed by atoms with E-state index in [2.05, 4.69) is 53.0 Å². The second-order valence-corrected chi connectivity index (χ2v) is 7.94. The van der Waals surface area contributed by atoms with Gasteiger partial charge >= 0.3 is 0 Å². The van der Waals surface area contributed by atoms with Crippen LogP contribution in [0.5, 0.6) is 0 Å². The molecule has 0 bridgehead atoms. The van der Waals surface area contributed by atoms with E-state index in [1.807, 2.05) is 11.3 Å². The lowest BCUT2D eigenvalue weighted by atomic mass is 9.89. The third-order valence-electron chi connectivity index (χ3n) is 4.05. The normalized spacial score (nSPS) is 28.3. The van der Waals surface area contributed by atoms with Crippen LogP contribution in [0.4, 0.5) is 0 Å². The average molecular weight is 345 g/mol. The van der Waals surface area contributed by atoms with Gasteiger partial charge in [-0.1, -0.05) is 20.8 Å². The largest absolute Gasteiger partial charge is 0.326 e. The fourth-order valence-electron chi connectivity index (χ4n) is 3.31. The Morgan fingerprint density at radius 3 is 2.53 bits per heavy atom. The maximum atomic E-state index is 6.43. The van der Waals surface area contributed by atoms with Crippen molar-refractivity contribution in [1.29, 1.82) is 0 Å². The Morgan fingerprint density at radius 1 is 1.42 bits per heavy atom. The number of hydrogen-bond acceptors (Lipinski definition) is 3. The highest BCUT2D eigenvalue weighted by Gasteiger charge is 2.32. The predicted molar refractivity (Wildman–Crippen MR) is 87.5 cm³/mol. The van der Waals surface area contributed by atoms with Gasteiger partial charge < -0.3 is 5.73 Å². The number of nitrogens with zero attached hydrogens (tertiary/aromatic N) is 1. The molecule has 4 atom stereocenters. The van der Waals surface area contributed by atoms with E-state index in [9.17, 15) is 0 Å². The van der Waals surface area contributed by atoms with Gasteiger partial charge in [-0.25, -0.2) is 0 Å². The van der Waals surface area contributed by atoms with Crippen molar-refractivity contribution in [3.05, 3.63) is 20.8 Å². The number of thiophene rings is 1. The number of likely N-dealkylation sites (tertiary alicyclic amines) is 1. The molecule has 0 aliphatic carbocycles. The Morgan fingerprint density at radius 2 is 2.05 bits per heavy atom. The van der Waals surface area contributed by atoms with Crippen LogP contribution >= 0.6 is 27.3 Å². The van der Waals surface area contributed by atoms with Crippen molar-refractivity contribution in [2.75, 3.05) is 13.1 Å². The molecule has 0 aromatic carbocycles. The molecule has 0 amide bonds.